The summed E-state index contributed by atoms with van der Waals surface area (Å²) in [6.07, 6.45) is 4.06. The first-order valence-corrected chi connectivity index (χ1v) is 12.1. The summed E-state index contributed by atoms with van der Waals surface area (Å²) in [5.41, 5.74) is 9.19. The Hall–Kier alpha value is -4.44. The van der Waals surface area contributed by atoms with Crippen molar-refractivity contribution in [3.05, 3.63) is 108 Å². The van der Waals surface area contributed by atoms with Crippen LogP contribution in [0.2, 0.25) is 0 Å². The molecule has 0 bridgehead atoms. The standard InChI is InChI=1S/C31H22N2O2/c1-2-8-20(9-3-1)33-24-12-6-4-10-21(24)23-18-19(14-15-25(23)33)31-32-30-28(35-31)17-16-27-29(30)22-11-5-7-13-26(22)34-27/h1-13,16-18,31-32H,14-15H2. The molecule has 1 unspecified atom stereocenters. The van der Waals surface area contributed by atoms with Crippen LogP contribution in [0.5, 0.6) is 5.75 Å². The molecule has 0 saturated heterocycles. The van der Waals surface area contributed by atoms with Gasteiger partial charge in [-0.2, -0.15) is 0 Å². The van der Waals surface area contributed by atoms with Crippen molar-refractivity contribution in [1.82, 2.24) is 4.57 Å². The van der Waals surface area contributed by atoms with Crippen molar-refractivity contribution < 1.29 is 9.15 Å². The molecule has 0 fully saturated rings. The van der Waals surface area contributed by atoms with E-state index in [1.165, 1.54) is 33.4 Å². The number of anilines is 1. The molecular weight excluding hydrogens is 432 g/mol. The van der Waals surface area contributed by atoms with Gasteiger partial charge >= 0.3 is 0 Å². The minimum atomic E-state index is -0.184. The fourth-order valence-electron chi connectivity index (χ4n) is 5.82. The number of nitrogens with zero attached hydrogens (tertiary/aromatic N) is 1. The molecule has 4 heteroatoms. The highest BCUT2D eigenvalue weighted by molar-refractivity contribution is 6.13. The van der Waals surface area contributed by atoms with Crippen LogP contribution >= 0.6 is 0 Å². The van der Waals surface area contributed by atoms with E-state index in [4.69, 9.17) is 9.15 Å². The van der Waals surface area contributed by atoms with Crippen molar-refractivity contribution in [2.24, 2.45) is 0 Å². The van der Waals surface area contributed by atoms with Crippen molar-refractivity contribution >= 4 is 44.6 Å². The molecule has 0 saturated carbocycles. The van der Waals surface area contributed by atoms with Crippen molar-refractivity contribution in [2.45, 2.75) is 19.1 Å². The minimum absolute atomic E-state index is 0.184. The van der Waals surface area contributed by atoms with E-state index in [-0.39, 0.29) is 6.23 Å². The topological polar surface area (TPSA) is 39.3 Å². The number of hydrogen-bond donors (Lipinski definition) is 1. The highest BCUT2D eigenvalue weighted by Gasteiger charge is 2.31. The average molecular weight is 455 g/mol. The number of hydrogen-bond acceptors (Lipinski definition) is 3. The second-order valence-corrected chi connectivity index (χ2v) is 9.32. The molecule has 0 spiro atoms. The van der Waals surface area contributed by atoms with Crippen molar-refractivity contribution in [1.29, 1.82) is 0 Å². The Kier molecular flexibility index (Phi) is 3.80. The van der Waals surface area contributed by atoms with Gasteiger partial charge in [-0.05, 0) is 60.9 Å². The normalized spacial score (nSPS) is 16.7. The Morgan fingerprint density at radius 3 is 2.46 bits per heavy atom. The lowest BCUT2D eigenvalue weighted by Crippen LogP contribution is -2.24. The molecule has 8 rings (SSSR count). The molecule has 0 amide bonds. The predicted molar refractivity (Wildman–Crippen MR) is 141 cm³/mol. The molecule has 4 aromatic carbocycles. The Morgan fingerprint density at radius 1 is 0.743 bits per heavy atom. The second kappa shape index (κ2) is 7.03. The van der Waals surface area contributed by atoms with Gasteiger partial charge in [-0.3, -0.25) is 0 Å². The number of rotatable bonds is 2. The molecule has 6 aromatic rings. The van der Waals surface area contributed by atoms with Gasteiger partial charge in [0.05, 0.1) is 16.6 Å². The molecule has 1 aliphatic heterocycles. The zero-order chi connectivity index (χ0) is 22.9. The molecule has 2 aromatic heterocycles. The van der Waals surface area contributed by atoms with Gasteiger partial charge < -0.3 is 19.0 Å². The first-order valence-electron chi connectivity index (χ1n) is 12.1. The lowest BCUT2D eigenvalue weighted by Gasteiger charge is -2.21. The number of furan rings is 1. The van der Waals surface area contributed by atoms with Crippen LogP contribution in [0.25, 0.3) is 44.6 Å². The van der Waals surface area contributed by atoms with E-state index in [0.717, 1.165) is 46.2 Å². The van der Waals surface area contributed by atoms with Crippen LogP contribution in [0.1, 0.15) is 17.7 Å². The minimum Gasteiger partial charge on any atom is -0.465 e. The second-order valence-electron chi connectivity index (χ2n) is 9.32. The summed E-state index contributed by atoms with van der Waals surface area (Å²) < 4.78 is 15.0. The van der Waals surface area contributed by atoms with Gasteiger partial charge in [-0.1, -0.05) is 54.6 Å². The summed E-state index contributed by atoms with van der Waals surface area (Å²) in [6.45, 7) is 0. The zero-order valence-corrected chi connectivity index (χ0v) is 19.0. The van der Waals surface area contributed by atoms with E-state index in [0.29, 0.717) is 0 Å². The van der Waals surface area contributed by atoms with Gasteiger partial charge in [-0.25, -0.2) is 0 Å². The van der Waals surface area contributed by atoms with E-state index < -0.39 is 0 Å². The first-order chi connectivity index (χ1) is 17.3. The largest absolute Gasteiger partial charge is 0.465 e. The van der Waals surface area contributed by atoms with E-state index in [1.807, 2.05) is 24.3 Å². The molecule has 2 aliphatic rings. The Morgan fingerprint density at radius 2 is 1.54 bits per heavy atom. The van der Waals surface area contributed by atoms with Crippen LogP contribution in [-0.4, -0.2) is 10.8 Å². The maximum absolute atomic E-state index is 6.46. The fraction of sp³-hybridized carbons (Fsp3) is 0.0968. The molecule has 1 aliphatic carbocycles. The lowest BCUT2D eigenvalue weighted by atomic mass is 9.94. The predicted octanol–water partition coefficient (Wildman–Crippen LogP) is 7.69. The Labute approximate surface area is 202 Å². The van der Waals surface area contributed by atoms with Gasteiger partial charge in [0, 0.05) is 27.7 Å². The van der Waals surface area contributed by atoms with Gasteiger partial charge in [0.15, 0.2) is 6.23 Å². The lowest BCUT2D eigenvalue weighted by molar-refractivity contribution is 0.285. The van der Waals surface area contributed by atoms with Crippen LogP contribution in [0.3, 0.4) is 0 Å². The number of ether oxygens (including phenoxy) is 1. The summed E-state index contributed by atoms with van der Waals surface area (Å²) in [5.74, 6) is 0.882. The van der Waals surface area contributed by atoms with Gasteiger partial charge in [0.1, 0.15) is 16.9 Å². The van der Waals surface area contributed by atoms with Crippen molar-refractivity contribution in [2.75, 3.05) is 5.32 Å². The zero-order valence-electron chi connectivity index (χ0n) is 19.0. The SMILES string of the molecule is C1=C(C2Nc3c(ccc4oc5ccccc5c34)O2)CCc2c1c1ccccc1n2-c1ccccc1. The van der Waals surface area contributed by atoms with Gasteiger partial charge in [0.2, 0.25) is 0 Å². The number of para-hydroxylation sites is 3. The molecule has 4 nitrogen and oxygen atoms in total. The molecule has 0 radical (unpaired) electrons. The summed E-state index contributed by atoms with van der Waals surface area (Å²) in [7, 11) is 0. The van der Waals surface area contributed by atoms with Gasteiger partial charge in [0.25, 0.3) is 0 Å². The molecule has 1 N–H and O–H groups in total. The van der Waals surface area contributed by atoms with Crippen LogP contribution in [0.4, 0.5) is 5.69 Å². The van der Waals surface area contributed by atoms with Crippen LogP contribution < -0.4 is 10.1 Å². The number of fused-ring (bicyclic) bond motifs is 8. The van der Waals surface area contributed by atoms with Crippen LogP contribution in [-0.2, 0) is 6.42 Å². The van der Waals surface area contributed by atoms with Crippen LogP contribution in [0.15, 0.2) is 101 Å². The maximum atomic E-state index is 6.46. The van der Waals surface area contributed by atoms with E-state index in [9.17, 15) is 0 Å². The highest BCUT2D eigenvalue weighted by Crippen LogP contribution is 2.45. The number of benzene rings is 4. The summed E-state index contributed by atoms with van der Waals surface area (Å²) >= 11 is 0. The van der Waals surface area contributed by atoms with E-state index >= 15 is 0 Å². The first kappa shape index (κ1) is 18.9. The smallest absolute Gasteiger partial charge is 0.192 e. The van der Waals surface area contributed by atoms with E-state index in [1.54, 1.807) is 0 Å². The Balaban J connectivity index is 1.25. The Bertz CT molecular complexity index is 1810. The van der Waals surface area contributed by atoms with E-state index in [2.05, 4.69) is 82.7 Å². The third kappa shape index (κ3) is 2.68. The molecule has 1 atom stereocenters. The number of nitrogens with one attached hydrogen (secondary N) is 1. The molecule has 3 heterocycles. The molecule has 168 valence electrons. The number of aromatic nitrogens is 1. The quantitative estimate of drug-likeness (QED) is 0.291. The third-order valence-electron chi connectivity index (χ3n) is 7.37. The summed E-state index contributed by atoms with van der Waals surface area (Å²) in [4.78, 5) is 0. The maximum Gasteiger partial charge on any atom is 0.192 e. The third-order valence-corrected chi connectivity index (χ3v) is 7.37. The van der Waals surface area contributed by atoms with Crippen LogP contribution in [0, 0.1) is 0 Å². The molecule has 35 heavy (non-hydrogen) atoms. The monoisotopic (exact) mass is 454 g/mol. The van der Waals surface area contributed by atoms with Crippen molar-refractivity contribution in [3.63, 3.8) is 0 Å². The summed E-state index contributed by atoms with van der Waals surface area (Å²) in [5, 5.41) is 7.17. The molecular formula is C31H22N2O2. The van der Waals surface area contributed by atoms with Gasteiger partial charge in [-0.15, -0.1) is 0 Å². The fourth-order valence-corrected chi connectivity index (χ4v) is 5.82. The summed E-state index contributed by atoms with van der Waals surface area (Å²) in [6, 6.07) is 31.6. The highest BCUT2D eigenvalue weighted by atomic mass is 16.5. The average Bonchev–Trinajstić information content (AvgIpc) is 3.60. The van der Waals surface area contributed by atoms with Crippen molar-refractivity contribution in [3.8, 4) is 11.4 Å².